The average Bonchev–Trinajstić information content (AvgIpc) is 3.32. The van der Waals surface area contributed by atoms with E-state index in [-0.39, 0.29) is 5.91 Å². The maximum Gasteiger partial charge on any atom is 0.325 e. The minimum absolute atomic E-state index is 0.279. The summed E-state index contributed by atoms with van der Waals surface area (Å²) in [6.45, 7) is 5.52. The van der Waals surface area contributed by atoms with E-state index in [4.69, 9.17) is 19.2 Å². The molecule has 7 rings (SSSR count). The van der Waals surface area contributed by atoms with Crippen molar-refractivity contribution >= 4 is 22.8 Å². The second kappa shape index (κ2) is 12.8. The molecule has 3 heterocycles. The highest BCUT2D eigenvalue weighted by atomic mass is 16.6. The van der Waals surface area contributed by atoms with E-state index in [9.17, 15) is 9.59 Å². The minimum atomic E-state index is -1.17. The normalized spacial score (nSPS) is 17.2. The molecule has 1 saturated heterocycles. The number of carbonyl (C=O) groups excluding carboxylic acids is 2. The van der Waals surface area contributed by atoms with Crippen molar-refractivity contribution in [2.45, 2.75) is 38.6 Å². The molecule has 0 spiro atoms. The van der Waals surface area contributed by atoms with Gasteiger partial charge in [-0.05, 0) is 90.8 Å². The Morgan fingerprint density at radius 3 is 2.55 bits per heavy atom. The Morgan fingerprint density at radius 1 is 0.894 bits per heavy atom. The van der Waals surface area contributed by atoms with Crippen LogP contribution >= 0.6 is 0 Å². The largest absolute Gasteiger partial charge is 0.494 e. The molecule has 8 heteroatoms. The van der Waals surface area contributed by atoms with Gasteiger partial charge in [0.1, 0.15) is 24.5 Å². The standard InChI is InChI=1S/C39H37N3O5/c1-26-10-8-15-32-35(29(25-40-36(26)32)22-27-11-4-3-5-12-27)28-13-9-14-31(23-28)45-19-7-6-18-42-37(43)39(2,41-38(42)44)30-16-17-33-34(24-30)47-21-20-46-33/h3-5,8-17,23-25H,6-7,18-22H2,1-2H3,(H,41,44). The monoisotopic (exact) mass is 627 g/mol. The lowest BCUT2D eigenvalue weighted by Gasteiger charge is -2.25. The van der Waals surface area contributed by atoms with Crippen LogP contribution in [0.4, 0.5) is 4.79 Å². The molecule has 238 valence electrons. The van der Waals surface area contributed by atoms with Crippen LogP contribution in [0.25, 0.3) is 22.0 Å². The number of nitrogens with one attached hydrogen (secondary N) is 1. The summed E-state index contributed by atoms with van der Waals surface area (Å²) in [6.07, 6.45) is 4.07. The summed E-state index contributed by atoms with van der Waals surface area (Å²) in [4.78, 5) is 32.5. The molecular weight excluding hydrogens is 590 g/mol. The number of hydrogen-bond acceptors (Lipinski definition) is 6. The molecule has 0 radical (unpaired) electrons. The Morgan fingerprint density at radius 2 is 1.70 bits per heavy atom. The highest BCUT2D eigenvalue weighted by Gasteiger charge is 2.49. The van der Waals surface area contributed by atoms with Crippen molar-refractivity contribution in [2.75, 3.05) is 26.4 Å². The van der Waals surface area contributed by atoms with Gasteiger partial charge in [-0.25, -0.2) is 4.79 Å². The SMILES string of the molecule is Cc1cccc2c(-c3cccc(OCCCCN4C(=O)NC(C)(c5ccc6c(c5)OCCO6)C4=O)c3)c(Cc3ccccc3)cnc12. The second-order valence-corrected chi connectivity index (χ2v) is 12.2. The van der Waals surface area contributed by atoms with Crippen LogP contribution in [0.15, 0.2) is 97.2 Å². The first-order valence-electron chi connectivity index (χ1n) is 16.1. The Kier molecular flexibility index (Phi) is 8.24. The predicted molar refractivity (Wildman–Crippen MR) is 181 cm³/mol. The van der Waals surface area contributed by atoms with Gasteiger partial charge in [0.05, 0.1) is 12.1 Å². The Balaban J connectivity index is 1.01. The summed E-state index contributed by atoms with van der Waals surface area (Å²) in [7, 11) is 0. The van der Waals surface area contributed by atoms with Gasteiger partial charge in [-0.3, -0.25) is 14.7 Å². The molecule has 1 aromatic heterocycles. The lowest BCUT2D eigenvalue weighted by atomic mass is 9.91. The number of hydrogen-bond donors (Lipinski definition) is 1. The van der Waals surface area contributed by atoms with Crippen LogP contribution < -0.4 is 19.5 Å². The fourth-order valence-corrected chi connectivity index (χ4v) is 6.46. The van der Waals surface area contributed by atoms with E-state index in [1.807, 2.05) is 24.4 Å². The maximum atomic E-state index is 13.5. The number of carbonyl (C=O) groups is 2. The van der Waals surface area contributed by atoms with Gasteiger partial charge in [-0.2, -0.15) is 0 Å². The van der Waals surface area contributed by atoms with E-state index in [0.29, 0.717) is 56.3 Å². The number of unbranched alkanes of at least 4 members (excludes halogenated alkanes) is 1. The third kappa shape index (κ3) is 5.99. The molecule has 1 N–H and O–H groups in total. The zero-order valence-electron chi connectivity index (χ0n) is 26.6. The molecule has 2 aliphatic heterocycles. The molecule has 1 unspecified atom stereocenters. The highest BCUT2D eigenvalue weighted by molar-refractivity contribution is 6.07. The molecule has 47 heavy (non-hydrogen) atoms. The number of nitrogens with zero attached hydrogens (tertiary/aromatic N) is 2. The van der Waals surface area contributed by atoms with Gasteiger partial charge in [0.25, 0.3) is 5.91 Å². The van der Waals surface area contributed by atoms with Gasteiger partial charge in [0.15, 0.2) is 11.5 Å². The zero-order valence-corrected chi connectivity index (χ0v) is 26.6. The summed E-state index contributed by atoms with van der Waals surface area (Å²) in [5, 5.41) is 4.00. The second-order valence-electron chi connectivity index (χ2n) is 12.2. The number of fused-ring (bicyclic) bond motifs is 2. The molecule has 4 aromatic carbocycles. The number of amides is 3. The van der Waals surface area contributed by atoms with Gasteiger partial charge in [0.2, 0.25) is 0 Å². The predicted octanol–water partition coefficient (Wildman–Crippen LogP) is 7.20. The average molecular weight is 628 g/mol. The molecule has 0 saturated carbocycles. The van der Waals surface area contributed by atoms with Crippen LogP contribution in [0, 0.1) is 6.92 Å². The summed E-state index contributed by atoms with van der Waals surface area (Å²) >= 11 is 0. The van der Waals surface area contributed by atoms with Crippen LogP contribution in [0.5, 0.6) is 17.2 Å². The van der Waals surface area contributed by atoms with Crippen molar-refractivity contribution in [1.29, 1.82) is 0 Å². The fourth-order valence-electron chi connectivity index (χ4n) is 6.46. The Labute approximate surface area is 274 Å². The van der Waals surface area contributed by atoms with Crippen LogP contribution in [0.3, 0.4) is 0 Å². The van der Waals surface area contributed by atoms with Gasteiger partial charge >= 0.3 is 6.03 Å². The number of imide groups is 1. The molecule has 8 nitrogen and oxygen atoms in total. The number of pyridine rings is 1. The lowest BCUT2D eigenvalue weighted by Crippen LogP contribution is -2.41. The molecule has 0 bridgehead atoms. The van der Waals surface area contributed by atoms with E-state index < -0.39 is 11.6 Å². The maximum absolute atomic E-state index is 13.5. The highest BCUT2D eigenvalue weighted by Crippen LogP contribution is 2.38. The topological polar surface area (TPSA) is 90.0 Å². The number of rotatable bonds is 10. The molecular formula is C39H37N3O5. The Bertz CT molecular complexity index is 1960. The molecule has 1 atom stereocenters. The van der Waals surface area contributed by atoms with Gasteiger partial charge < -0.3 is 19.5 Å². The van der Waals surface area contributed by atoms with Crippen molar-refractivity contribution in [2.24, 2.45) is 0 Å². The van der Waals surface area contributed by atoms with Gasteiger partial charge in [-0.15, -0.1) is 0 Å². The van der Waals surface area contributed by atoms with Crippen LogP contribution in [0.2, 0.25) is 0 Å². The summed E-state index contributed by atoms with van der Waals surface area (Å²) in [6, 6.07) is 29.9. The van der Waals surface area contributed by atoms with E-state index in [1.165, 1.54) is 10.5 Å². The first kappa shape index (κ1) is 30.3. The number of aromatic nitrogens is 1. The van der Waals surface area contributed by atoms with Crippen molar-refractivity contribution in [3.05, 3.63) is 119 Å². The van der Waals surface area contributed by atoms with E-state index in [0.717, 1.165) is 45.3 Å². The Hall–Kier alpha value is -5.37. The molecule has 2 aliphatic rings. The summed E-state index contributed by atoms with van der Waals surface area (Å²) in [5.74, 6) is 1.71. The summed E-state index contributed by atoms with van der Waals surface area (Å²) < 4.78 is 17.5. The molecule has 1 fully saturated rings. The van der Waals surface area contributed by atoms with Gasteiger partial charge in [-0.1, -0.05) is 66.7 Å². The number of ether oxygens (including phenoxy) is 3. The van der Waals surface area contributed by atoms with Crippen molar-refractivity contribution < 1.29 is 23.8 Å². The number of para-hydroxylation sites is 1. The van der Waals surface area contributed by atoms with Crippen LogP contribution in [-0.2, 0) is 16.8 Å². The lowest BCUT2D eigenvalue weighted by molar-refractivity contribution is -0.131. The first-order chi connectivity index (χ1) is 22.9. The van der Waals surface area contributed by atoms with E-state index >= 15 is 0 Å². The quantitative estimate of drug-likeness (QED) is 0.130. The van der Waals surface area contributed by atoms with Crippen molar-refractivity contribution in [3.8, 4) is 28.4 Å². The number of urea groups is 1. The van der Waals surface area contributed by atoms with E-state index in [2.05, 4.69) is 66.8 Å². The smallest absolute Gasteiger partial charge is 0.325 e. The van der Waals surface area contributed by atoms with E-state index in [1.54, 1.807) is 25.1 Å². The fraction of sp³-hybridized carbons (Fsp3) is 0.256. The summed E-state index contributed by atoms with van der Waals surface area (Å²) in [5.41, 5.74) is 6.25. The van der Waals surface area contributed by atoms with Crippen LogP contribution in [0.1, 0.15) is 42.0 Å². The number of benzene rings is 4. The zero-order chi connectivity index (χ0) is 32.4. The third-order valence-corrected chi connectivity index (χ3v) is 8.98. The molecule has 0 aliphatic carbocycles. The first-order valence-corrected chi connectivity index (χ1v) is 16.1. The van der Waals surface area contributed by atoms with Crippen molar-refractivity contribution in [1.82, 2.24) is 15.2 Å². The van der Waals surface area contributed by atoms with Gasteiger partial charge in [0, 0.05) is 18.1 Å². The third-order valence-electron chi connectivity index (χ3n) is 8.98. The molecule has 5 aromatic rings. The number of aryl methyl sites for hydroxylation is 1. The van der Waals surface area contributed by atoms with Crippen molar-refractivity contribution in [3.63, 3.8) is 0 Å². The molecule has 3 amide bonds. The minimum Gasteiger partial charge on any atom is -0.494 e. The van der Waals surface area contributed by atoms with Crippen LogP contribution in [-0.4, -0.2) is 48.2 Å².